The van der Waals surface area contributed by atoms with E-state index in [0.717, 1.165) is 55.8 Å². The molecule has 4 heterocycles. The molecule has 5 N–H and O–H groups in total. The molecule has 0 saturated carbocycles. The topological polar surface area (TPSA) is 175 Å². The third-order valence-corrected chi connectivity index (χ3v) is 13.2. The number of benzene rings is 3. The van der Waals surface area contributed by atoms with Crippen molar-refractivity contribution in [2.24, 2.45) is 0 Å². The molecule has 2 aliphatic rings. The van der Waals surface area contributed by atoms with E-state index in [0.29, 0.717) is 75.1 Å². The molecular formula is C43H50BrF2N10O4P. The number of imide groups is 1. The molecule has 3 aromatic carbocycles. The second kappa shape index (κ2) is 19.3. The Bertz CT molecular complexity index is 2460. The zero-order valence-electron chi connectivity index (χ0n) is 34.6. The third-order valence-electron chi connectivity index (χ3n) is 11.1. The number of carbonyl (C=O) groups excluding carboxylic acids is 2. The summed E-state index contributed by atoms with van der Waals surface area (Å²) in [5.41, 5.74) is 5.10. The third kappa shape index (κ3) is 10.3. The minimum Gasteiger partial charge on any atom is -0.494 e. The van der Waals surface area contributed by atoms with Gasteiger partial charge in [-0.3, -0.25) is 24.9 Å². The van der Waals surface area contributed by atoms with Crippen molar-refractivity contribution in [3.8, 4) is 5.75 Å². The molecule has 2 aromatic heterocycles. The Morgan fingerprint density at radius 3 is 2.41 bits per heavy atom. The smallest absolute Gasteiger partial charge is 0.234 e. The van der Waals surface area contributed by atoms with Gasteiger partial charge in [-0.2, -0.15) is 4.98 Å². The number of hydrogen-bond acceptors (Lipinski definition) is 13. The number of fused-ring (bicyclic) bond motifs is 1. The summed E-state index contributed by atoms with van der Waals surface area (Å²) in [6.07, 6.45) is 8.17. The van der Waals surface area contributed by atoms with Crippen molar-refractivity contribution in [3.05, 3.63) is 87.8 Å². The molecule has 2 fully saturated rings. The van der Waals surface area contributed by atoms with Crippen LogP contribution in [-0.4, -0.2) is 91.0 Å². The number of piperidine rings is 2. The lowest BCUT2D eigenvalue weighted by molar-refractivity contribution is -0.134. The molecule has 1 atom stereocenters. The van der Waals surface area contributed by atoms with Gasteiger partial charge in [0.05, 0.1) is 39.7 Å². The first-order chi connectivity index (χ1) is 29.3. The van der Waals surface area contributed by atoms with Gasteiger partial charge in [-0.1, -0.05) is 6.92 Å². The average molecular weight is 920 g/mol. The minimum absolute atomic E-state index is 0.0555. The highest BCUT2D eigenvalue weighted by molar-refractivity contribution is 9.10. The lowest BCUT2D eigenvalue weighted by Gasteiger charge is -2.35. The van der Waals surface area contributed by atoms with Crippen molar-refractivity contribution in [1.29, 1.82) is 0 Å². The summed E-state index contributed by atoms with van der Waals surface area (Å²) in [4.78, 5) is 44.2. The number of amides is 2. The van der Waals surface area contributed by atoms with E-state index in [1.54, 1.807) is 39.0 Å². The molecule has 18 heteroatoms. The second-order valence-electron chi connectivity index (χ2n) is 15.6. The average Bonchev–Trinajstić information content (AvgIpc) is 3.23. The van der Waals surface area contributed by atoms with Crippen molar-refractivity contribution in [2.75, 3.05) is 68.7 Å². The lowest BCUT2D eigenvalue weighted by atomic mass is 9.89. The van der Waals surface area contributed by atoms with Crippen LogP contribution in [0.15, 0.2) is 59.5 Å². The van der Waals surface area contributed by atoms with Gasteiger partial charge in [0.25, 0.3) is 0 Å². The van der Waals surface area contributed by atoms with Crippen molar-refractivity contribution < 1.29 is 27.7 Å². The van der Waals surface area contributed by atoms with Crippen molar-refractivity contribution in [1.82, 2.24) is 35.9 Å². The van der Waals surface area contributed by atoms with Crippen LogP contribution in [0.1, 0.15) is 55.2 Å². The van der Waals surface area contributed by atoms with Crippen molar-refractivity contribution >= 4 is 80.1 Å². The number of aromatic nitrogens is 4. The van der Waals surface area contributed by atoms with Crippen LogP contribution in [0.3, 0.4) is 0 Å². The molecule has 0 aliphatic carbocycles. The fourth-order valence-electron chi connectivity index (χ4n) is 8.02. The van der Waals surface area contributed by atoms with Crippen LogP contribution in [0, 0.1) is 11.6 Å². The number of hydrogen-bond donors (Lipinski definition) is 5. The molecule has 0 bridgehead atoms. The summed E-state index contributed by atoms with van der Waals surface area (Å²) < 4.78 is 49.8. The summed E-state index contributed by atoms with van der Waals surface area (Å²) in [5, 5.41) is 16.5. The van der Waals surface area contributed by atoms with Crippen LogP contribution in [-0.2, 0) is 27.0 Å². The second-order valence-corrected chi connectivity index (χ2v) is 19.6. The molecule has 0 radical (unpaired) electrons. The van der Waals surface area contributed by atoms with Gasteiger partial charge in [0.15, 0.2) is 0 Å². The molecular weight excluding hydrogens is 869 g/mol. The highest BCUT2D eigenvalue weighted by Crippen LogP contribution is 2.42. The fourth-order valence-corrected chi connectivity index (χ4v) is 9.70. The zero-order chi connectivity index (χ0) is 43.3. The predicted octanol–water partition coefficient (Wildman–Crippen LogP) is 6.68. The minimum atomic E-state index is -2.78. The van der Waals surface area contributed by atoms with Gasteiger partial charge in [-0.25, -0.2) is 13.8 Å². The standard InChI is InChI=1S/C43H50BrF2N10O4P/c1-5-26-22-34(53-43-51-24-29(44)41(55-43)52-33-8-7-32-39(50-17-16-49-32)40(33)61(3,4)59)36(60-2)23-35(26)56-18-11-27(12-19-56)48-15-14-47-13-10-25-20-30(45)38(31(46)21-25)28-6-9-37(57)54-42(28)58/h7-8,16-17,20-24,27-28,47-48H,5-6,9-15,18-19H2,1-4H3,(H,54,57,58)(H2,51,52,53,55). The maximum atomic E-state index is 14.9. The van der Waals surface area contributed by atoms with Gasteiger partial charge in [0, 0.05) is 74.5 Å². The summed E-state index contributed by atoms with van der Waals surface area (Å²) >= 11 is 3.57. The first-order valence-corrected chi connectivity index (χ1v) is 23.8. The highest BCUT2D eigenvalue weighted by atomic mass is 79.9. The molecule has 7 rings (SSSR count). The Balaban J connectivity index is 0.916. The summed E-state index contributed by atoms with van der Waals surface area (Å²) in [6.45, 7) is 9.28. The van der Waals surface area contributed by atoms with E-state index in [1.807, 2.05) is 12.1 Å². The predicted molar refractivity (Wildman–Crippen MR) is 239 cm³/mol. The maximum absolute atomic E-state index is 14.9. The molecule has 2 amide bonds. The van der Waals surface area contributed by atoms with E-state index < -0.39 is 36.5 Å². The van der Waals surface area contributed by atoms with Crippen LogP contribution in [0.5, 0.6) is 5.75 Å². The Morgan fingerprint density at radius 2 is 1.70 bits per heavy atom. The van der Waals surface area contributed by atoms with E-state index in [1.165, 1.54) is 12.1 Å². The van der Waals surface area contributed by atoms with Crippen LogP contribution < -0.4 is 41.5 Å². The van der Waals surface area contributed by atoms with Gasteiger partial charge in [-0.05, 0) is 109 Å². The van der Waals surface area contributed by atoms with Gasteiger partial charge in [0.2, 0.25) is 17.8 Å². The first kappa shape index (κ1) is 44.0. The summed E-state index contributed by atoms with van der Waals surface area (Å²) in [7, 11) is -1.14. The quantitative estimate of drug-likeness (QED) is 0.0403. The van der Waals surface area contributed by atoms with E-state index in [-0.39, 0.29) is 18.4 Å². The van der Waals surface area contributed by atoms with Gasteiger partial charge >= 0.3 is 0 Å². The summed E-state index contributed by atoms with van der Waals surface area (Å²) in [6, 6.07) is 10.8. The molecule has 2 saturated heterocycles. The largest absolute Gasteiger partial charge is 0.494 e. The number of methoxy groups -OCH3 is 1. The number of ether oxygens (including phenoxy) is 1. The number of aryl methyl sites for hydroxylation is 1. The fraction of sp³-hybridized carbons (Fsp3) is 0.395. The summed E-state index contributed by atoms with van der Waals surface area (Å²) in [5.74, 6) is -2.12. The zero-order valence-corrected chi connectivity index (χ0v) is 37.1. The number of rotatable bonds is 16. The van der Waals surface area contributed by atoms with Crippen LogP contribution >= 0.6 is 23.1 Å². The monoisotopic (exact) mass is 918 g/mol. The Hall–Kier alpha value is -5.09. The molecule has 0 spiro atoms. The number of halogens is 3. The van der Waals surface area contributed by atoms with Crippen LogP contribution in [0.2, 0.25) is 0 Å². The molecule has 322 valence electrons. The molecule has 61 heavy (non-hydrogen) atoms. The highest BCUT2D eigenvalue weighted by Gasteiger charge is 2.32. The van der Waals surface area contributed by atoms with E-state index in [9.17, 15) is 22.9 Å². The van der Waals surface area contributed by atoms with Gasteiger partial charge in [0.1, 0.15) is 35.9 Å². The van der Waals surface area contributed by atoms with Crippen molar-refractivity contribution in [3.63, 3.8) is 0 Å². The maximum Gasteiger partial charge on any atom is 0.234 e. The number of nitrogens with one attached hydrogen (secondary N) is 5. The number of carbonyl (C=O) groups is 2. The molecule has 2 aliphatic heterocycles. The van der Waals surface area contributed by atoms with Crippen LogP contribution in [0.25, 0.3) is 11.0 Å². The van der Waals surface area contributed by atoms with E-state index in [2.05, 4.69) is 81.4 Å². The number of anilines is 5. The Kier molecular flexibility index (Phi) is 13.9. The van der Waals surface area contributed by atoms with E-state index in [4.69, 9.17) is 9.72 Å². The SMILES string of the molecule is CCc1cc(Nc2ncc(Br)c(Nc3ccc4nccnc4c3P(C)(C)=O)n2)c(OC)cc1N1CCC(NCCNCCc2cc(F)c(C3CCC(=O)NC3=O)c(F)c2)CC1. The van der Waals surface area contributed by atoms with Crippen molar-refractivity contribution in [2.45, 2.75) is 57.4 Å². The Morgan fingerprint density at radius 1 is 0.951 bits per heavy atom. The molecule has 5 aromatic rings. The van der Waals surface area contributed by atoms with E-state index >= 15 is 0 Å². The normalized spacial score (nSPS) is 16.2. The molecule has 14 nitrogen and oxygen atoms in total. The Labute approximate surface area is 362 Å². The molecule has 1 unspecified atom stereocenters. The van der Waals surface area contributed by atoms with Gasteiger partial charge < -0.3 is 35.5 Å². The van der Waals surface area contributed by atoms with Crippen LogP contribution in [0.4, 0.5) is 37.6 Å². The number of nitrogens with zero attached hydrogens (tertiary/aromatic N) is 5. The lowest BCUT2D eigenvalue weighted by Crippen LogP contribution is -2.44. The first-order valence-electron chi connectivity index (χ1n) is 20.4. The van der Waals surface area contributed by atoms with Gasteiger partial charge in [-0.15, -0.1) is 0 Å².